The van der Waals surface area contributed by atoms with Gasteiger partial charge in [-0.2, -0.15) is 4.31 Å². The van der Waals surface area contributed by atoms with Crippen molar-refractivity contribution in [3.63, 3.8) is 0 Å². The molecule has 5 nitrogen and oxygen atoms in total. The van der Waals surface area contributed by atoms with Gasteiger partial charge in [-0.3, -0.25) is 0 Å². The second-order valence-electron chi connectivity index (χ2n) is 6.50. The molecular formula is C20H20ClNO4S. The minimum absolute atomic E-state index is 0.0554. The van der Waals surface area contributed by atoms with Gasteiger partial charge in [0.25, 0.3) is 0 Å². The highest BCUT2D eigenvalue weighted by molar-refractivity contribution is 7.89. The van der Waals surface area contributed by atoms with E-state index in [2.05, 4.69) is 0 Å². The molecule has 0 aliphatic carbocycles. The quantitative estimate of drug-likeness (QED) is 0.809. The Bertz CT molecular complexity index is 982. The third-order valence-electron chi connectivity index (χ3n) is 4.70. The maximum atomic E-state index is 13.4. The predicted octanol–water partition coefficient (Wildman–Crippen LogP) is 4.18. The van der Waals surface area contributed by atoms with Crippen LogP contribution in [0, 0.1) is 6.92 Å². The summed E-state index contributed by atoms with van der Waals surface area (Å²) in [5.74, 6) is -1.13. The molecule has 0 fully saturated rings. The van der Waals surface area contributed by atoms with Crippen molar-refractivity contribution in [1.82, 2.24) is 4.31 Å². The molecule has 0 spiro atoms. The van der Waals surface area contributed by atoms with Gasteiger partial charge in [-0.05, 0) is 43.2 Å². The van der Waals surface area contributed by atoms with Gasteiger partial charge >= 0.3 is 5.97 Å². The summed E-state index contributed by atoms with van der Waals surface area (Å²) >= 11 is 5.95. The lowest BCUT2D eigenvalue weighted by atomic mass is 10.0. The van der Waals surface area contributed by atoms with E-state index in [1.807, 2.05) is 13.8 Å². The topological polar surface area (TPSA) is 74.7 Å². The van der Waals surface area contributed by atoms with Gasteiger partial charge < -0.3 is 5.11 Å². The Morgan fingerprint density at radius 2 is 1.70 bits per heavy atom. The summed E-state index contributed by atoms with van der Waals surface area (Å²) in [5.41, 5.74) is 1.57. The number of benzene rings is 2. The molecule has 0 bridgehead atoms. The van der Waals surface area contributed by atoms with E-state index in [0.29, 0.717) is 17.0 Å². The van der Waals surface area contributed by atoms with Crippen molar-refractivity contribution in [2.45, 2.75) is 37.2 Å². The van der Waals surface area contributed by atoms with Gasteiger partial charge in [0.1, 0.15) is 0 Å². The van der Waals surface area contributed by atoms with E-state index < -0.39 is 28.1 Å². The Kier molecular flexibility index (Phi) is 5.42. The standard InChI is InChI=1S/C20H20ClNO4S/c1-3-16-12-18(20(23)24)19(14-6-8-15(21)9-7-14)22(16)27(25,26)17-10-4-13(2)5-11-17/h4-12,16,19H,3H2,1-2H3,(H,23,24)/t16-,19+/m0/s1. The molecule has 3 rings (SSSR count). The first-order valence-electron chi connectivity index (χ1n) is 8.56. The van der Waals surface area contributed by atoms with Crippen LogP contribution < -0.4 is 0 Å². The van der Waals surface area contributed by atoms with Crippen molar-refractivity contribution in [2.75, 3.05) is 0 Å². The number of carbonyl (C=O) groups is 1. The lowest BCUT2D eigenvalue weighted by Gasteiger charge is -2.30. The van der Waals surface area contributed by atoms with E-state index in [0.717, 1.165) is 5.56 Å². The van der Waals surface area contributed by atoms with Gasteiger partial charge in [-0.25, -0.2) is 13.2 Å². The molecule has 0 amide bonds. The van der Waals surface area contributed by atoms with E-state index in [4.69, 9.17) is 11.6 Å². The number of aliphatic carboxylic acids is 1. The first-order chi connectivity index (χ1) is 12.8. The molecule has 0 aromatic heterocycles. The average Bonchev–Trinajstić information content (AvgIpc) is 3.03. The van der Waals surface area contributed by atoms with Crippen LogP contribution in [0.3, 0.4) is 0 Å². The molecule has 0 saturated heterocycles. The lowest BCUT2D eigenvalue weighted by molar-refractivity contribution is -0.133. The zero-order valence-electron chi connectivity index (χ0n) is 15.0. The Balaban J connectivity index is 2.16. The Morgan fingerprint density at radius 1 is 1.11 bits per heavy atom. The van der Waals surface area contributed by atoms with Crippen LogP contribution in [-0.2, 0) is 14.8 Å². The highest BCUT2D eigenvalue weighted by Gasteiger charge is 2.45. The van der Waals surface area contributed by atoms with Crippen molar-refractivity contribution in [1.29, 1.82) is 0 Å². The lowest BCUT2D eigenvalue weighted by Crippen LogP contribution is -2.38. The van der Waals surface area contributed by atoms with E-state index in [9.17, 15) is 18.3 Å². The van der Waals surface area contributed by atoms with Crippen LogP contribution in [0.4, 0.5) is 0 Å². The average molecular weight is 406 g/mol. The maximum absolute atomic E-state index is 13.4. The first kappa shape index (κ1) is 19.6. The van der Waals surface area contributed by atoms with Crippen LogP contribution in [0.5, 0.6) is 0 Å². The summed E-state index contributed by atoms with van der Waals surface area (Å²) in [6, 6.07) is 11.7. The second-order valence-corrected chi connectivity index (χ2v) is 8.78. The molecule has 1 aliphatic rings. The van der Waals surface area contributed by atoms with Crippen molar-refractivity contribution in [2.24, 2.45) is 0 Å². The first-order valence-corrected chi connectivity index (χ1v) is 10.4. The number of hydrogen-bond donors (Lipinski definition) is 1. The van der Waals surface area contributed by atoms with Crippen LogP contribution in [0.2, 0.25) is 5.02 Å². The number of halogens is 1. The van der Waals surface area contributed by atoms with Crippen LogP contribution >= 0.6 is 11.6 Å². The number of aryl methyl sites for hydroxylation is 1. The second kappa shape index (κ2) is 7.46. The molecule has 142 valence electrons. The van der Waals surface area contributed by atoms with Crippen molar-refractivity contribution < 1.29 is 18.3 Å². The molecule has 2 atom stereocenters. The van der Waals surface area contributed by atoms with E-state index in [1.54, 1.807) is 48.5 Å². The smallest absolute Gasteiger partial charge is 0.333 e. The predicted molar refractivity (Wildman–Crippen MR) is 104 cm³/mol. The number of hydrogen-bond acceptors (Lipinski definition) is 3. The maximum Gasteiger partial charge on any atom is 0.333 e. The normalized spacial score (nSPS) is 20.5. The van der Waals surface area contributed by atoms with Gasteiger partial charge in [0.15, 0.2) is 0 Å². The summed E-state index contributed by atoms with van der Waals surface area (Å²) in [4.78, 5) is 12.0. The zero-order valence-corrected chi connectivity index (χ0v) is 16.5. The minimum atomic E-state index is -3.91. The largest absolute Gasteiger partial charge is 0.478 e. The molecule has 0 radical (unpaired) electrons. The fraction of sp³-hybridized carbons (Fsp3) is 0.250. The molecule has 1 N–H and O–H groups in total. The van der Waals surface area contributed by atoms with Crippen LogP contribution in [0.1, 0.15) is 30.5 Å². The third-order valence-corrected chi connectivity index (χ3v) is 6.85. The van der Waals surface area contributed by atoms with Crippen LogP contribution in [-0.4, -0.2) is 29.8 Å². The van der Waals surface area contributed by atoms with E-state index >= 15 is 0 Å². The van der Waals surface area contributed by atoms with Gasteiger partial charge in [-0.1, -0.05) is 54.4 Å². The molecule has 0 saturated carbocycles. The number of carboxylic acid groups (broad SMARTS) is 1. The Morgan fingerprint density at radius 3 is 2.22 bits per heavy atom. The number of carboxylic acids is 1. The molecule has 27 heavy (non-hydrogen) atoms. The molecular weight excluding hydrogens is 386 g/mol. The fourth-order valence-electron chi connectivity index (χ4n) is 3.31. The minimum Gasteiger partial charge on any atom is -0.478 e. The van der Waals surface area contributed by atoms with Crippen molar-refractivity contribution >= 4 is 27.6 Å². The molecule has 1 aliphatic heterocycles. The van der Waals surface area contributed by atoms with Gasteiger partial charge in [-0.15, -0.1) is 0 Å². The summed E-state index contributed by atoms with van der Waals surface area (Å²) < 4.78 is 28.1. The number of rotatable bonds is 5. The molecule has 1 heterocycles. The van der Waals surface area contributed by atoms with E-state index in [1.165, 1.54) is 10.4 Å². The summed E-state index contributed by atoms with van der Waals surface area (Å²) in [6.45, 7) is 3.71. The number of sulfonamides is 1. The SMILES string of the molecule is CC[C@H]1C=C(C(=O)O)[C@@H](c2ccc(Cl)cc2)N1S(=O)(=O)c1ccc(C)cc1. The highest BCUT2D eigenvalue weighted by Crippen LogP contribution is 2.42. The zero-order chi connectivity index (χ0) is 19.8. The third kappa shape index (κ3) is 3.65. The van der Waals surface area contributed by atoms with Gasteiger partial charge in [0, 0.05) is 11.1 Å². The fourth-order valence-corrected chi connectivity index (χ4v) is 5.24. The Hall–Kier alpha value is -2.15. The van der Waals surface area contributed by atoms with Crippen LogP contribution in [0.15, 0.2) is 65.1 Å². The molecule has 2 aromatic rings. The molecule has 2 aromatic carbocycles. The summed E-state index contributed by atoms with van der Waals surface area (Å²) in [5, 5.41) is 10.2. The van der Waals surface area contributed by atoms with E-state index in [-0.39, 0.29) is 10.5 Å². The summed E-state index contributed by atoms with van der Waals surface area (Å²) in [7, 11) is -3.91. The van der Waals surface area contributed by atoms with Gasteiger partial charge in [0.2, 0.25) is 10.0 Å². The van der Waals surface area contributed by atoms with Crippen molar-refractivity contribution in [3.8, 4) is 0 Å². The highest BCUT2D eigenvalue weighted by atomic mass is 35.5. The van der Waals surface area contributed by atoms with Crippen molar-refractivity contribution in [3.05, 3.63) is 76.3 Å². The summed E-state index contributed by atoms with van der Waals surface area (Å²) in [6.07, 6.45) is 2.00. The van der Waals surface area contributed by atoms with Gasteiger partial charge in [0.05, 0.1) is 16.5 Å². The molecule has 7 heteroatoms. The van der Waals surface area contributed by atoms with Crippen LogP contribution in [0.25, 0.3) is 0 Å². The Labute approximate surface area is 163 Å². The number of nitrogens with zero attached hydrogens (tertiary/aromatic N) is 1. The molecule has 0 unspecified atom stereocenters. The monoisotopic (exact) mass is 405 g/mol.